The van der Waals surface area contributed by atoms with Crippen LogP contribution in [0.5, 0.6) is 0 Å². The van der Waals surface area contributed by atoms with Crippen LogP contribution in [0.4, 0.5) is 10.5 Å². The number of para-hydroxylation sites is 1. The quantitative estimate of drug-likeness (QED) is 0.754. The van der Waals surface area contributed by atoms with Crippen molar-refractivity contribution in [2.75, 3.05) is 25.1 Å². The van der Waals surface area contributed by atoms with E-state index in [1.165, 1.54) is 0 Å². The number of ether oxygens (including phenoxy) is 1. The third-order valence-electron chi connectivity index (χ3n) is 3.98. The molecule has 2 rings (SSSR count). The maximum atomic E-state index is 12.0. The summed E-state index contributed by atoms with van der Waals surface area (Å²) in [5.74, 6) is 0. The van der Waals surface area contributed by atoms with Crippen molar-refractivity contribution < 1.29 is 14.6 Å². The molecule has 0 saturated heterocycles. The summed E-state index contributed by atoms with van der Waals surface area (Å²) in [7, 11) is 0. The number of hydrogen-bond acceptors (Lipinski definition) is 3. The summed E-state index contributed by atoms with van der Waals surface area (Å²) in [6.07, 6.45) is 4.06. The van der Waals surface area contributed by atoms with Crippen molar-refractivity contribution in [3.63, 3.8) is 0 Å². The van der Waals surface area contributed by atoms with Gasteiger partial charge in [0.1, 0.15) is 0 Å². The van der Waals surface area contributed by atoms with Crippen molar-refractivity contribution >= 4 is 11.7 Å². The predicted octanol–water partition coefficient (Wildman–Crippen LogP) is 2.44. The first-order valence-electron chi connectivity index (χ1n) is 7.50. The number of carbonyl (C=O) groups excluding carboxylic acids is 1. The first kappa shape index (κ1) is 15.8. The number of hydrogen-bond donors (Lipinski definition) is 3. The molecule has 1 aromatic carbocycles. The number of amides is 2. The minimum Gasteiger partial charge on any atom is -0.394 e. The Balaban J connectivity index is 1.86. The van der Waals surface area contributed by atoms with Crippen molar-refractivity contribution in [3.8, 4) is 0 Å². The monoisotopic (exact) mass is 292 g/mol. The van der Waals surface area contributed by atoms with Crippen LogP contribution >= 0.6 is 0 Å². The summed E-state index contributed by atoms with van der Waals surface area (Å²) in [6.45, 7) is 2.77. The summed E-state index contributed by atoms with van der Waals surface area (Å²) in [5.41, 5.74) is 1.53. The molecule has 0 spiro atoms. The summed E-state index contributed by atoms with van der Waals surface area (Å²) in [6, 6.07) is 7.45. The normalized spacial score (nSPS) is 16.7. The largest absolute Gasteiger partial charge is 0.394 e. The predicted molar refractivity (Wildman–Crippen MR) is 82.4 cm³/mol. The van der Waals surface area contributed by atoms with Gasteiger partial charge in [-0.15, -0.1) is 0 Å². The van der Waals surface area contributed by atoms with Crippen molar-refractivity contribution in [2.45, 2.75) is 38.2 Å². The van der Waals surface area contributed by atoms with E-state index in [9.17, 15) is 4.79 Å². The summed E-state index contributed by atoms with van der Waals surface area (Å²) < 4.78 is 5.77. The number of anilines is 1. The van der Waals surface area contributed by atoms with E-state index >= 15 is 0 Å². The minimum atomic E-state index is -0.314. The van der Waals surface area contributed by atoms with Crippen molar-refractivity contribution in [1.82, 2.24) is 5.32 Å². The highest BCUT2D eigenvalue weighted by Crippen LogP contribution is 2.32. The molecule has 0 bridgehead atoms. The van der Waals surface area contributed by atoms with Crippen LogP contribution in [0.1, 0.15) is 31.2 Å². The minimum absolute atomic E-state index is 0.0111. The fourth-order valence-electron chi connectivity index (χ4n) is 2.77. The van der Waals surface area contributed by atoms with Gasteiger partial charge in [-0.1, -0.05) is 31.0 Å². The summed E-state index contributed by atoms with van der Waals surface area (Å²) >= 11 is 0. The average molecular weight is 292 g/mol. The van der Waals surface area contributed by atoms with E-state index in [-0.39, 0.29) is 18.2 Å². The first-order chi connectivity index (χ1) is 10.2. The molecule has 2 amide bonds. The van der Waals surface area contributed by atoms with E-state index < -0.39 is 0 Å². The lowest BCUT2D eigenvalue weighted by atomic mass is 10.0. The first-order valence-corrected chi connectivity index (χ1v) is 7.50. The van der Waals surface area contributed by atoms with Crippen LogP contribution in [-0.2, 0) is 4.74 Å². The molecule has 3 N–H and O–H groups in total. The number of carbonyl (C=O) groups is 1. The van der Waals surface area contributed by atoms with Gasteiger partial charge in [-0.3, -0.25) is 0 Å². The smallest absolute Gasteiger partial charge is 0.319 e. The van der Waals surface area contributed by atoms with Gasteiger partial charge in [0.05, 0.1) is 18.8 Å². The number of aryl methyl sites for hydroxylation is 1. The van der Waals surface area contributed by atoms with E-state index in [0.29, 0.717) is 13.2 Å². The Labute approximate surface area is 125 Å². The van der Waals surface area contributed by atoms with Gasteiger partial charge in [0.2, 0.25) is 0 Å². The van der Waals surface area contributed by atoms with Crippen LogP contribution < -0.4 is 10.6 Å². The SMILES string of the molecule is Cc1ccccc1NC(=O)NCC1(OCCO)CCCC1. The zero-order chi connectivity index (χ0) is 15.1. The molecule has 1 aliphatic carbocycles. The maximum Gasteiger partial charge on any atom is 0.319 e. The van der Waals surface area contributed by atoms with Crippen LogP contribution in [0.25, 0.3) is 0 Å². The molecule has 1 fully saturated rings. The Morgan fingerprint density at radius 2 is 2.05 bits per heavy atom. The molecular weight excluding hydrogens is 268 g/mol. The Bertz CT molecular complexity index is 470. The van der Waals surface area contributed by atoms with Crippen LogP contribution in [0.2, 0.25) is 0 Å². The molecule has 1 aliphatic rings. The number of benzene rings is 1. The van der Waals surface area contributed by atoms with E-state index in [1.54, 1.807) is 0 Å². The van der Waals surface area contributed by atoms with Crippen LogP contribution in [-0.4, -0.2) is 36.5 Å². The zero-order valence-electron chi connectivity index (χ0n) is 12.5. The number of urea groups is 1. The lowest BCUT2D eigenvalue weighted by Gasteiger charge is -2.29. The molecule has 0 atom stereocenters. The van der Waals surface area contributed by atoms with Crippen molar-refractivity contribution in [2.24, 2.45) is 0 Å². The van der Waals surface area contributed by atoms with E-state index in [1.807, 2.05) is 31.2 Å². The summed E-state index contributed by atoms with van der Waals surface area (Å²) in [4.78, 5) is 12.0. The highest BCUT2D eigenvalue weighted by atomic mass is 16.5. The molecule has 0 heterocycles. The van der Waals surface area contributed by atoms with Crippen molar-refractivity contribution in [3.05, 3.63) is 29.8 Å². The van der Waals surface area contributed by atoms with Crippen LogP contribution in [0.15, 0.2) is 24.3 Å². The lowest BCUT2D eigenvalue weighted by molar-refractivity contribution is -0.0503. The highest BCUT2D eigenvalue weighted by Gasteiger charge is 2.35. The standard InChI is InChI=1S/C16H24N2O3/c1-13-6-2-3-7-14(13)18-15(20)17-12-16(21-11-10-19)8-4-5-9-16/h2-3,6-7,19H,4-5,8-12H2,1H3,(H2,17,18,20). The lowest BCUT2D eigenvalue weighted by Crippen LogP contribution is -2.45. The number of nitrogens with one attached hydrogen (secondary N) is 2. The molecular formula is C16H24N2O3. The number of rotatable bonds is 6. The second kappa shape index (κ2) is 7.43. The molecule has 21 heavy (non-hydrogen) atoms. The Morgan fingerprint density at radius 3 is 2.71 bits per heavy atom. The third kappa shape index (κ3) is 4.44. The molecule has 1 saturated carbocycles. The highest BCUT2D eigenvalue weighted by molar-refractivity contribution is 5.90. The molecule has 116 valence electrons. The van der Waals surface area contributed by atoms with Crippen molar-refractivity contribution in [1.29, 1.82) is 0 Å². The second-order valence-electron chi connectivity index (χ2n) is 5.58. The fourth-order valence-corrected chi connectivity index (χ4v) is 2.77. The zero-order valence-corrected chi connectivity index (χ0v) is 12.5. The molecule has 0 aliphatic heterocycles. The van der Waals surface area contributed by atoms with Gasteiger partial charge in [0.15, 0.2) is 0 Å². The van der Waals surface area contributed by atoms with Gasteiger partial charge in [-0.05, 0) is 31.4 Å². The number of aliphatic hydroxyl groups excluding tert-OH is 1. The molecule has 5 nitrogen and oxygen atoms in total. The third-order valence-corrected chi connectivity index (χ3v) is 3.98. The summed E-state index contributed by atoms with van der Waals surface area (Å²) in [5, 5.41) is 14.7. The Morgan fingerprint density at radius 1 is 1.33 bits per heavy atom. The van der Waals surface area contributed by atoms with Gasteiger partial charge >= 0.3 is 6.03 Å². The average Bonchev–Trinajstić information content (AvgIpc) is 2.95. The molecule has 0 unspecified atom stereocenters. The second-order valence-corrected chi connectivity index (χ2v) is 5.58. The van der Waals surface area contributed by atoms with Gasteiger partial charge in [0.25, 0.3) is 0 Å². The van der Waals surface area contributed by atoms with Gasteiger partial charge < -0.3 is 20.5 Å². The molecule has 5 heteroatoms. The van der Waals surface area contributed by atoms with Gasteiger partial charge in [-0.2, -0.15) is 0 Å². The molecule has 0 radical (unpaired) electrons. The van der Waals surface area contributed by atoms with Gasteiger partial charge in [0, 0.05) is 12.2 Å². The Kier molecular flexibility index (Phi) is 5.59. The molecule has 1 aromatic rings. The number of aliphatic hydroxyl groups is 1. The van der Waals surface area contributed by atoms with Crippen LogP contribution in [0.3, 0.4) is 0 Å². The van der Waals surface area contributed by atoms with E-state index in [2.05, 4.69) is 10.6 Å². The van der Waals surface area contributed by atoms with E-state index in [4.69, 9.17) is 9.84 Å². The van der Waals surface area contributed by atoms with Gasteiger partial charge in [-0.25, -0.2) is 4.79 Å². The Hall–Kier alpha value is -1.59. The maximum absolute atomic E-state index is 12.0. The molecule has 0 aromatic heterocycles. The van der Waals surface area contributed by atoms with E-state index in [0.717, 1.165) is 36.9 Å². The fraction of sp³-hybridized carbons (Fsp3) is 0.562. The topological polar surface area (TPSA) is 70.6 Å². The van der Waals surface area contributed by atoms with Crippen LogP contribution in [0, 0.1) is 6.92 Å².